The highest BCUT2D eigenvalue weighted by atomic mass is 32.1. The lowest BCUT2D eigenvalue weighted by molar-refractivity contribution is -0.289. The van der Waals surface area contributed by atoms with Crippen LogP contribution in [0.5, 0.6) is 0 Å². The lowest BCUT2D eigenvalue weighted by Crippen LogP contribution is -2.33. The van der Waals surface area contributed by atoms with Crippen molar-refractivity contribution in [1.82, 2.24) is 10.2 Å². The van der Waals surface area contributed by atoms with E-state index in [-0.39, 0.29) is 16.3 Å². The van der Waals surface area contributed by atoms with Gasteiger partial charge in [-0.15, -0.1) is 10.2 Å². The molecule has 0 saturated heterocycles. The lowest BCUT2D eigenvalue weighted by Gasteiger charge is -2.15. The fourth-order valence-corrected chi connectivity index (χ4v) is 1.73. The molecule has 0 saturated carbocycles. The van der Waals surface area contributed by atoms with Crippen LogP contribution in [0.1, 0.15) is 29.4 Å². The number of hydrogen-bond donors (Lipinski definition) is 1. The van der Waals surface area contributed by atoms with Crippen molar-refractivity contribution in [2.24, 2.45) is 5.73 Å². The zero-order valence-electron chi connectivity index (χ0n) is 8.05. The predicted octanol–water partition coefficient (Wildman–Crippen LogP) is 2.60. The Morgan fingerprint density at radius 3 is 2.25 bits per heavy atom. The minimum atomic E-state index is -5.67. The molecule has 9 heteroatoms. The molecule has 1 aromatic heterocycles. The first-order valence-electron chi connectivity index (χ1n) is 4.24. The highest BCUT2D eigenvalue weighted by molar-refractivity contribution is 7.11. The van der Waals surface area contributed by atoms with Crippen LogP contribution < -0.4 is 5.73 Å². The van der Waals surface area contributed by atoms with Gasteiger partial charge in [-0.05, 0) is 6.42 Å². The number of nitrogens with two attached hydrogens (primary N) is 1. The van der Waals surface area contributed by atoms with Crippen LogP contribution in [0.25, 0.3) is 0 Å². The van der Waals surface area contributed by atoms with E-state index in [4.69, 9.17) is 5.73 Å². The van der Waals surface area contributed by atoms with Gasteiger partial charge in [0.05, 0.1) is 6.04 Å². The van der Waals surface area contributed by atoms with Crippen LogP contribution in [0.15, 0.2) is 0 Å². The topological polar surface area (TPSA) is 51.8 Å². The number of halogens is 5. The molecule has 0 bridgehead atoms. The maximum atomic E-state index is 12.8. The van der Waals surface area contributed by atoms with Gasteiger partial charge >= 0.3 is 12.1 Å². The standard InChI is InChI=1S/C7H8F5N3S/c1-2-3(13)4-14-15-5(16-4)6(8,9)7(10,11)12/h3H,2,13H2,1H3. The van der Waals surface area contributed by atoms with Crippen LogP contribution in [0.3, 0.4) is 0 Å². The van der Waals surface area contributed by atoms with E-state index in [1.807, 2.05) is 0 Å². The second-order valence-corrected chi connectivity index (χ2v) is 4.04. The molecule has 1 aromatic rings. The van der Waals surface area contributed by atoms with Gasteiger partial charge in [-0.25, -0.2) is 0 Å². The predicted molar refractivity (Wildman–Crippen MR) is 47.1 cm³/mol. The van der Waals surface area contributed by atoms with E-state index in [0.29, 0.717) is 6.42 Å². The van der Waals surface area contributed by atoms with Gasteiger partial charge in [-0.3, -0.25) is 0 Å². The number of aromatic nitrogens is 2. The quantitative estimate of drug-likeness (QED) is 0.851. The summed E-state index contributed by atoms with van der Waals surface area (Å²) in [6.07, 6.45) is -5.29. The molecule has 1 atom stereocenters. The van der Waals surface area contributed by atoms with E-state index < -0.39 is 23.1 Å². The van der Waals surface area contributed by atoms with Crippen LogP contribution in [-0.4, -0.2) is 16.4 Å². The third kappa shape index (κ3) is 2.29. The molecule has 16 heavy (non-hydrogen) atoms. The van der Waals surface area contributed by atoms with E-state index in [1.165, 1.54) is 0 Å². The van der Waals surface area contributed by atoms with E-state index in [1.54, 1.807) is 6.92 Å². The molecule has 0 aliphatic carbocycles. The van der Waals surface area contributed by atoms with E-state index in [0.717, 1.165) is 0 Å². The number of nitrogens with zero attached hydrogens (tertiary/aromatic N) is 2. The van der Waals surface area contributed by atoms with Crippen molar-refractivity contribution in [3.63, 3.8) is 0 Å². The van der Waals surface area contributed by atoms with Crippen LogP contribution in [0.2, 0.25) is 0 Å². The molecule has 0 fully saturated rings. The highest BCUT2D eigenvalue weighted by Crippen LogP contribution is 2.45. The Bertz CT molecular complexity index is 361. The average molecular weight is 261 g/mol. The molecule has 1 heterocycles. The highest BCUT2D eigenvalue weighted by Gasteiger charge is 2.61. The van der Waals surface area contributed by atoms with Crippen LogP contribution >= 0.6 is 11.3 Å². The van der Waals surface area contributed by atoms with Crippen molar-refractivity contribution in [2.45, 2.75) is 31.5 Å². The number of alkyl halides is 5. The summed E-state index contributed by atoms with van der Waals surface area (Å²) in [4.78, 5) is 0. The van der Waals surface area contributed by atoms with Gasteiger partial charge in [0.25, 0.3) is 0 Å². The Labute approximate surface area is 91.5 Å². The van der Waals surface area contributed by atoms with Gasteiger partial charge in [0, 0.05) is 0 Å². The Morgan fingerprint density at radius 1 is 1.25 bits per heavy atom. The van der Waals surface area contributed by atoms with Crippen LogP contribution in [0, 0.1) is 0 Å². The second kappa shape index (κ2) is 4.21. The molecular formula is C7H8F5N3S. The van der Waals surface area contributed by atoms with E-state index in [2.05, 4.69) is 10.2 Å². The monoisotopic (exact) mass is 261 g/mol. The molecule has 0 aromatic carbocycles. The maximum Gasteiger partial charge on any atom is 0.460 e. The van der Waals surface area contributed by atoms with Crippen molar-refractivity contribution in [1.29, 1.82) is 0 Å². The third-order valence-corrected chi connectivity index (χ3v) is 2.95. The average Bonchev–Trinajstić information content (AvgIpc) is 2.64. The number of hydrogen-bond acceptors (Lipinski definition) is 4. The summed E-state index contributed by atoms with van der Waals surface area (Å²) in [7, 11) is 0. The molecule has 0 spiro atoms. The molecular weight excluding hydrogens is 253 g/mol. The van der Waals surface area contributed by atoms with Crippen molar-refractivity contribution >= 4 is 11.3 Å². The summed E-state index contributed by atoms with van der Waals surface area (Å²) >= 11 is 0.182. The van der Waals surface area contributed by atoms with Gasteiger partial charge in [0.1, 0.15) is 5.01 Å². The van der Waals surface area contributed by atoms with Gasteiger partial charge in [-0.2, -0.15) is 22.0 Å². The van der Waals surface area contributed by atoms with Crippen LogP contribution in [0.4, 0.5) is 22.0 Å². The molecule has 1 unspecified atom stereocenters. The molecule has 2 N–H and O–H groups in total. The summed E-state index contributed by atoms with van der Waals surface area (Å²) in [6, 6.07) is -0.671. The Kier molecular flexibility index (Phi) is 3.48. The second-order valence-electron chi connectivity index (χ2n) is 3.03. The van der Waals surface area contributed by atoms with E-state index in [9.17, 15) is 22.0 Å². The fourth-order valence-electron chi connectivity index (χ4n) is 0.807. The molecule has 0 radical (unpaired) electrons. The maximum absolute atomic E-state index is 12.8. The van der Waals surface area contributed by atoms with Gasteiger partial charge in [0.15, 0.2) is 5.01 Å². The zero-order valence-corrected chi connectivity index (χ0v) is 8.87. The summed E-state index contributed by atoms with van der Waals surface area (Å²) in [5, 5.41) is 4.67. The minimum Gasteiger partial charge on any atom is -0.322 e. The zero-order chi connectivity index (χ0) is 12.6. The normalized spacial score (nSPS) is 15.2. The molecule has 3 nitrogen and oxygen atoms in total. The first-order chi connectivity index (χ1) is 7.20. The smallest absolute Gasteiger partial charge is 0.322 e. The van der Waals surface area contributed by atoms with Crippen molar-refractivity contribution in [2.75, 3.05) is 0 Å². The molecule has 1 rings (SSSR count). The molecule has 0 aliphatic heterocycles. The summed E-state index contributed by atoms with van der Waals surface area (Å²) < 4.78 is 61.5. The van der Waals surface area contributed by atoms with Crippen LogP contribution in [-0.2, 0) is 5.92 Å². The van der Waals surface area contributed by atoms with Gasteiger partial charge < -0.3 is 5.73 Å². The van der Waals surface area contributed by atoms with Crippen molar-refractivity contribution in [3.05, 3.63) is 10.0 Å². The largest absolute Gasteiger partial charge is 0.460 e. The first kappa shape index (κ1) is 13.2. The van der Waals surface area contributed by atoms with Gasteiger partial charge in [0.2, 0.25) is 0 Å². The Morgan fingerprint density at radius 2 is 1.81 bits per heavy atom. The van der Waals surface area contributed by atoms with Crippen molar-refractivity contribution < 1.29 is 22.0 Å². The Balaban J connectivity index is 3.02. The minimum absolute atomic E-state index is 0.0265. The summed E-state index contributed by atoms with van der Waals surface area (Å²) in [5.74, 6) is -4.98. The summed E-state index contributed by atoms with van der Waals surface area (Å²) in [6.45, 7) is 1.66. The fraction of sp³-hybridized carbons (Fsp3) is 0.714. The van der Waals surface area contributed by atoms with E-state index >= 15 is 0 Å². The summed E-state index contributed by atoms with van der Waals surface area (Å²) in [5.41, 5.74) is 5.44. The number of rotatable bonds is 3. The van der Waals surface area contributed by atoms with Gasteiger partial charge in [-0.1, -0.05) is 18.3 Å². The molecule has 0 amide bonds. The molecule has 92 valence electrons. The first-order valence-corrected chi connectivity index (χ1v) is 5.05. The van der Waals surface area contributed by atoms with Crippen molar-refractivity contribution in [3.8, 4) is 0 Å². The lowest BCUT2D eigenvalue weighted by atomic mass is 10.3. The Hall–Kier alpha value is -0.830. The molecule has 0 aliphatic rings. The third-order valence-electron chi connectivity index (χ3n) is 1.82. The SMILES string of the molecule is CCC(N)c1nnc(C(F)(F)C(F)(F)F)s1.